The molecular formula is C20H22N2O6. The summed E-state index contributed by atoms with van der Waals surface area (Å²) in [4.78, 5) is 35.0. The van der Waals surface area contributed by atoms with Crippen LogP contribution in [0.1, 0.15) is 22.8 Å². The lowest BCUT2D eigenvalue weighted by molar-refractivity contribution is -0.138. The molecule has 0 aliphatic rings. The van der Waals surface area contributed by atoms with Crippen LogP contribution in [0.5, 0.6) is 11.5 Å². The SMILES string of the molecule is COc1ccc(CC(=O)Nc2ccc(C(=O)NC(C)C(=O)O)cc2)cc1OC. The Kier molecular flexibility index (Phi) is 6.97. The summed E-state index contributed by atoms with van der Waals surface area (Å²) in [6.07, 6.45) is 0.138. The van der Waals surface area contributed by atoms with Crippen molar-refractivity contribution in [2.45, 2.75) is 19.4 Å². The Hall–Kier alpha value is -3.55. The van der Waals surface area contributed by atoms with Gasteiger partial charge in [-0.1, -0.05) is 6.07 Å². The molecule has 3 N–H and O–H groups in total. The van der Waals surface area contributed by atoms with Gasteiger partial charge >= 0.3 is 5.97 Å². The molecule has 0 radical (unpaired) electrons. The first kappa shape index (κ1) is 20.8. The third-order valence-electron chi connectivity index (χ3n) is 3.96. The van der Waals surface area contributed by atoms with E-state index >= 15 is 0 Å². The molecule has 0 spiro atoms. The molecule has 1 atom stereocenters. The quantitative estimate of drug-likeness (QED) is 0.640. The van der Waals surface area contributed by atoms with E-state index in [0.29, 0.717) is 22.7 Å². The van der Waals surface area contributed by atoms with Gasteiger partial charge in [-0.15, -0.1) is 0 Å². The van der Waals surface area contributed by atoms with E-state index in [-0.39, 0.29) is 12.3 Å². The number of carboxylic acids is 1. The van der Waals surface area contributed by atoms with Crippen LogP contribution in [-0.2, 0) is 16.0 Å². The van der Waals surface area contributed by atoms with E-state index in [1.54, 1.807) is 30.3 Å². The number of carboxylic acid groups (broad SMARTS) is 1. The van der Waals surface area contributed by atoms with E-state index in [9.17, 15) is 14.4 Å². The lowest BCUT2D eigenvalue weighted by Gasteiger charge is -2.11. The lowest BCUT2D eigenvalue weighted by Crippen LogP contribution is -2.38. The van der Waals surface area contributed by atoms with Gasteiger partial charge in [0.1, 0.15) is 6.04 Å². The van der Waals surface area contributed by atoms with Gasteiger partial charge in [0.25, 0.3) is 5.91 Å². The predicted octanol–water partition coefficient (Wildman–Crippen LogP) is 2.09. The summed E-state index contributed by atoms with van der Waals surface area (Å²) < 4.78 is 10.4. The van der Waals surface area contributed by atoms with Crippen molar-refractivity contribution in [2.24, 2.45) is 0 Å². The molecule has 0 saturated carbocycles. The van der Waals surface area contributed by atoms with Crippen molar-refractivity contribution in [1.29, 1.82) is 0 Å². The first-order chi connectivity index (χ1) is 13.3. The first-order valence-electron chi connectivity index (χ1n) is 8.48. The fraction of sp³-hybridized carbons (Fsp3) is 0.250. The maximum absolute atomic E-state index is 12.2. The van der Waals surface area contributed by atoms with E-state index in [2.05, 4.69) is 10.6 Å². The number of ether oxygens (including phenoxy) is 2. The van der Waals surface area contributed by atoms with Crippen molar-refractivity contribution in [2.75, 3.05) is 19.5 Å². The summed E-state index contributed by atoms with van der Waals surface area (Å²) in [7, 11) is 3.06. The molecule has 0 aliphatic heterocycles. The number of methoxy groups -OCH3 is 2. The van der Waals surface area contributed by atoms with E-state index in [1.807, 2.05) is 0 Å². The number of aliphatic carboxylic acids is 1. The van der Waals surface area contributed by atoms with Gasteiger partial charge in [0.15, 0.2) is 11.5 Å². The second-order valence-electron chi connectivity index (χ2n) is 6.03. The molecule has 1 unspecified atom stereocenters. The van der Waals surface area contributed by atoms with Crippen LogP contribution in [0.4, 0.5) is 5.69 Å². The van der Waals surface area contributed by atoms with Crippen LogP contribution in [0, 0.1) is 0 Å². The maximum Gasteiger partial charge on any atom is 0.325 e. The van der Waals surface area contributed by atoms with Crippen LogP contribution < -0.4 is 20.1 Å². The fourth-order valence-electron chi connectivity index (χ4n) is 2.43. The van der Waals surface area contributed by atoms with Crippen molar-refractivity contribution >= 4 is 23.5 Å². The highest BCUT2D eigenvalue weighted by Gasteiger charge is 2.15. The molecule has 8 heteroatoms. The number of benzene rings is 2. The van der Waals surface area contributed by atoms with Gasteiger partial charge in [0.2, 0.25) is 5.91 Å². The summed E-state index contributed by atoms with van der Waals surface area (Å²) in [6.45, 7) is 1.38. The molecule has 148 valence electrons. The van der Waals surface area contributed by atoms with Gasteiger partial charge in [-0.05, 0) is 48.9 Å². The average Bonchev–Trinajstić information content (AvgIpc) is 2.68. The summed E-state index contributed by atoms with van der Waals surface area (Å²) in [5.74, 6) is -0.731. The molecule has 0 aliphatic carbocycles. The van der Waals surface area contributed by atoms with Crippen LogP contribution in [0.15, 0.2) is 42.5 Å². The minimum atomic E-state index is -1.12. The molecule has 0 heterocycles. The molecule has 2 amide bonds. The minimum absolute atomic E-state index is 0.138. The molecule has 2 aromatic carbocycles. The van der Waals surface area contributed by atoms with Crippen LogP contribution in [0.3, 0.4) is 0 Å². The molecule has 0 aromatic heterocycles. The predicted molar refractivity (Wildman–Crippen MR) is 103 cm³/mol. The zero-order valence-corrected chi connectivity index (χ0v) is 15.8. The highest BCUT2D eigenvalue weighted by Crippen LogP contribution is 2.27. The summed E-state index contributed by atoms with van der Waals surface area (Å²) in [5.41, 5.74) is 1.58. The standard InChI is InChI=1S/C20H22N2O6/c1-12(20(25)26)21-19(24)14-5-7-15(8-6-14)22-18(23)11-13-4-9-16(27-2)17(10-13)28-3/h4-10,12H,11H2,1-3H3,(H,21,24)(H,22,23)(H,25,26). The van der Waals surface area contributed by atoms with Crippen molar-refractivity contribution in [3.63, 3.8) is 0 Å². The smallest absolute Gasteiger partial charge is 0.325 e. The van der Waals surface area contributed by atoms with E-state index in [1.165, 1.54) is 33.3 Å². The highest BCUT2D eigenvalue weighted by atomic mass is 16.5. The van der Waals surface area contributed by atoms with Crippen LogP contribution in [-0.4, -0.2) is 43.2 Å². The molecule has 8 nitrogen and oxygen atoms in total. The Morgan fingerprint density at radius 1 is 1.00 bits per heavy atom. The zero-order chi connectivity index (χ0) is 20.7. The Balaban J connectivity index is 1.97. The molecule has 0 saturated heterocycles. The largest absolute Gasteiger partial charge is 0.493 e. The van der Waals surface area contributed by atoms with Gasteiger partial charge in [-0.25, -0.2) is 0 Å². The zero-order valence-electron chi connectivity index (χ0n) is 15.8. The normalized spacial score (nSPS) is 11.2. The van der Waals surface area contributed by atoms with Gasteiger partial charge in [0, 0.05) is 11.3 Å². The number of hydrogen-bond acceptors (Lipinski definition) is 5. The third-order valence-corrected chi connectivity index (χ3v) is 3.96. The minimum Gasteiger partial charge on any atom is -0.493 e. The van der Waals surface area contributed by atoms with Crippen LogP contribution >= 0.6 is 0 Å². The lowest BCUT2D eigenvalue weighted by atomic mass is 10.1. The Morgan fingerprint density at radius 3 is 2.21 bits per heavy atom. The van der Waals surface area contributed by atoms with Crippen LogP contribution in [0.25, 0.3) is 0 Å². The highest BCUT2D eigenvalue weighted by molar-refractivity contribution is 5.97. The van der Waals surface area contributed by atoms with Crippen LogP contribution in [0.2, 0.25) is 0 Å². The Bertz CT molecular complexity index is 863. The number of carbonyl (C=O) groups is 3. The fourth-order valence-corrected chi connectivity index (χ4v) is 2.43. The molecule has 0 fully saturated rings. The topological polar surface area (TPSA) is 114 Å². The van der Waals surface area contributed by atoms with Gasteiger partial charge in [-0.2, -0.15) is 0 Å². The molecule has 2 rings (SSSR count). The molecule has 2 aromatic rings. The second kappa shape index (κ2) is 9.40. The van der Waals surface area contributed by atoms with Crippen molar-refractivity contribution in [3.8, 4) is 11.5 Å². The molecular weight excluding hydrogens is 364 g/mol. The number of anilines is 1. The Morgan fingerprint density at radius 2 is 1.64 bits per heavy atom. The van der Waals surface area contributed by atoms with Gasteiger partial charge in [-0.3, -0.25) is 14.4 Å². The maximum atomic E-state index is 12.2. The monoisotopic (exact) mass is 386 g/mol. The van der Waals surface area contributed by atoms with Gasteiger partial charge in [0.05, 0.1) is 20.6 Å². The van der Waals surface area contributed by atoms with E-state index in [4.69, 9.17) is 14.6 Å². The summed E-state index contributed by atoms with van der Waals surface area (Å²) in [5, 5.41) is 13.9. The summed E-state index contributed by atoms with van der Waals surface area (Å²) in [6, 6.07) is 10.4. The number of hydrogen-bond donors (Lipinski definition) is 3. The number of rotatable bonds is 8. The number of amides is 2. The third kappa shape index (κ3) is 5.47. The average molecular weight is 386 g/mol. The van der Waals surface area contributed by atoms with Crippen molar-refractivity contribution < 1.29 is 29.0 Å². The van der Waals surface area contributed by atoms with Gasteiger partial charge < -0.3 is 25.2 Å². The van der Waals surface area contributed by atoms with E-state index in [0.717, 1.165) is 5.56 Å². The molecule has 28 heavy (non-hydrogen) atoms. The van der Waals surface area contributed by atoms with E-state index < -0.39 is 17.9 Å². The van der Waals surface area contributed by atoms with Crippen molar-refractivity contribution in [3.05, 3.63) is 53.6 Å². The van der Waals surface area contributed by atoms with Crippen molar-refractivity contribution in [1.82, 2.24) is 5.32 Å². The summed E-state index contributed by atoms with van der Waals surface area (Å²) >= 11 is 0. The Labute approximate surface area is 162 Å². The number of nitrogens with one attached hydrogen (secondary N) is 2. The second-order valence-corrected chi connectivity index (χ2v) is 6.03. The first-order valence-corrected chi connectivity index (χ1v) is 8.48. The molecule has 0 bridgehead atoms. The number of carbonyl (C=O) groups excluding carboxylic acids is 2.